The summed E-state index contributed by atoms with van der Waals surface area (Å²) in [6, 6.07) is 8.68. The van der Waals surface area contributed by atoms with E-state index in [1.54, 1.807) is 0 Å². The number of hydrogen-bond donors (Lipinski definition) is 1. The second kappa shape index (κ2) is 5.04. The minimum Gasteiger partial charge on any atom is -0.353 e. The van der Waals surface area contributed by atoms with Gasteiger partial charge in [-0.25, -0.2) is 0 Å². The summed E-state index contributed by atoms with van der Waals surface area (Å²) < 4.78 is 1.10. The SMILES string of the molecule is CC(C)C(=O)NC(C)C1(c2ccc(Br)cc2)CC1. The highest BCUT2D eigenvalue weighted by Crippen LogP contribution is 2.51. The van der Waals surface area contributed by atoms with Crippen LogP contribution in [-0.4, -0.2) is 11.9 Å². The van der Waals surface area contributed by atoms with Gasteiger partial charge >= 0.3 is 0 Å². The van der Waals surface area contributed by atoms with Crippen molar-refractivity contribution in [2.45, 2.75) is 45.1 Å². The second-order valence-corrected chi connectivity index (χ2v) is 6.46. The van der Waals surface area contributed by atoms with Crippen molar-refractivity contribution in [3.63, 3.8) is 0 Å². The topological polar surface area (TPSA) is 29.1 Å². The van der Waals surface area contributed by atoms with Crippen molar-refractivity contribution >= 4 is 21.8 Å². The fourth-order valence-corrected chi connectivity index (χ4v) is 2.67. The molecule has 98 valence electrons. The molecule has 18 heavy (non-hydrogen) atoms. The Morgan fingerprint density at radius 3 is 2.22 bits per heavy atom. The molecule has 1 saturated carbocycles. The third-order valence-electron chi connectivity index (χ3n) is 3.92. The van der Waals surface area contributed by atoms with Gasteiger partial charge in [0, 0.05) is 21.8 Å². The van der Waals surface area contributed by atoms with Gasteiger partial charge in [-0.15, -0.1) is 0 Å². The predicted octanol–water partition coefficient (Wildman–Crippen LogP) is 3.64. The van der Waals surface area contributed by atoms with Crippen LogP contribution in [0.25, 0.3) is 0 Å². The number of hydrogen-bond acceptors (Lipinski definition) is 1. The lowest BCUT2D eigenvalue weighted by atomic mass is 9.88. The fourth-order valence-electron chi connectivity index (χ4n) is 2.41. The van der Waals surface area contributed by atoms with Crippen LogP contribution in [0.3, 0.4) is 0 Å². The standard InChI is InChI=1S/C15H20BrNO/c1-10(2)14(18)17-11(3)15(8-9-15)12-4-6-13(16)7-5-12/h4-7,10-11H,8-9H2,1-3H3,(H,17,18). The molecule has 3 heteroatoms. The van der Waals surface area contributed by atoms with Crippen LogP contribution in [0, 0.1) is 5.92 Å². The van der Waals surface area contributed by atoms with Crippen LogP contribution in [0.15, 0.2) is 28.7 Å². The Labute approximate surface area is 117 Å². The van der Waals surface area contributed by atoms with Crippen LogP contribution in [0.2, 0.25) is 0 Å². The Kier molecular flexibility index (Phi) is 3.81. The average molecular weight is 310 g/mol. The van der Waals surface area contributed by atoms with E-state index in [4.69, 9.17) is 0 Å². The van der Waals surface area contributed by atoms with Crippen molar-refractivity contribution in [2.24, 2.45) is 5.92 Å². The molecule has 0 radical (unpaired) electrons. The predicted molar refractivity (Wildman–Crippen MR) is 77.5 cm³/mol. The highest BCUT2D eigenvalue weighted by Gasteiger charge is 2.49. The Morgan fingerprint density at radius 2 is 1.78 bits per heavy atom. The third kappa shape index (κ3) is 2.61. The average Bonchev–Trinajstić information content (AvgIpc) is 3.11. The van der Waals surface area contributed by atoms with Gasteiger partial charge in [0.15, 0.2) is 0 Å². The lowest BCUT2D eigenvalue weighted by molar-refractivity contribution is -0.124. The van der Waals surface area contributed by atoms with E-state index in [1.165, 1.54) is 5.56 Å². The van der Waals surface area contributed by atoms with Crippen LogP contribution in [0.4, 0.5) is 0 Å². The molecule has 0 heterocycles. The maximum absolute atomic E-state index is 11.8. The zero-order chi connectivity index (χ0) is 13.3. The van der Waals surface area contributed by atoms with Crippen LogP contribution >= 0.6 is 15.9 Å². The first-order chi connectivity index (χ1) is 8.45. The Morgan fingerprint density at radius 1 is 1.22 bits per heavy atom. The molecule has 1 atom stereocenters. The van der Waals surface area contributed by atoms with Crippen molar-refractivity contribution in [3.05, 3.63) is 34.3 Å². The lowest BCUT2D eigenvalue weighted by Gasteiger charge is -2.26. The number of amides is 1. The van der Waals surface area contributed by atoms with Crippen LogP contribution in [0.1, 0.15) is 39.2 Å². The Hall–Kier alpha value is -0.830. The monoisotopic (exact) mass is 309 g/mol. The molecule has 1 aromatic carbocycles. The summed E-state index contributed by atoms with van der Waals surface area (Å²) in [6.07, 6.45) is 2.32. The number of rotatable bonds is 4. The molecule has 0 aromatic heterocycles. The van der Waals surface area contributed by atoms with E-state index in [-0.39, 0.29) is 23.3 Å². The van der Waals surface area contributed by atoms with Gasteiger partial charge < -0.3 is 5.32 Å². The molecule has 1 N–H and O–H groups in total. The van der Waals surface area contributed by atoms with E-state index in [2.05, 4.69) is 52.4 Å². The van der Waals surface area contributed by atoms with Gasteiger partial charge in [-0.05, 0) is 37.5 Å². The second-order valence-electron chi connectivity index (χ2n) is 5.55. The van der Waals surface area contributed by atoms with Crippen LogP contribution in [0.5, 0.6) is 0 Å². The number of nitrogens with one attached hydrogen (secondary N) is 1. The minimum atomic E-state index is 0.0492. The van der Waals surface area contributed by atoms with E-state index in [0.29, 0.717) is 0 Å². The van der Waals surface area contributed by atoms with E-state index in [0.717, 1.165) is 17.3 Å². The van der Waals surface area contributed by atoms with E-state index >= 15 is 0 Å². The number of carbonyl (C=O) groups is 1. The fraction of sp³-hybridized carbons (Fsp3) is 0.533. The molecule has 1 unspecified atom stereocenters. The maximum Gasteiger partial charge on any atom is 0.222 e. The molecule has 0 saturated heterocycles. The van der Waals surface area contributed by atoms with Gasteiger partial charge in [-0.1, -0.05) is 41.9 Å². The molecule has 1 aromatic rings. The zero-order valence-electron chi connectivity index (χ0n) is 11.2. The Bertz CT molecular complexity index is 434. The van der Waals surface area contributed by atoms with Crippen molar-refractivity contribution in [2.75, 3.05) is 0 Å². The first-order valence-electron chi connectivity index (χ1n) is 6.52. The third-order valence-corrected chi connectivity index (χ3v) is 4.45. The van der Waals surface area contributed by atoms with E-state index < -0.39 is 0 Å². The number of halogens is 1. The summed E-state index contributed by atoms with van der Waals surface area (Å²) in [7, 11) is 0. The molecule has 0 aliphatic heterocycles. The quantitative estimate of drug-likeness (QED) is 0.904. The van der Waals surface area contributed by atoms with Crippen LogP contribution in [-0.2, 0) is 10.2 Å². The molecule has 0 spiro atoms. The number of benzene rings is 1. The summed E-state index contributed by atoms with van der Waals surface area (Å²) in [4.78, 5) is 11.8. The van der Waals surface area contributed by atoms with Gasteiger partial charge in [0.05, 0.1) is 0 Å². The van der Waals surface area contributed by atoms with Gasteiger partial charge in [0.2, 0.25) is 5.91 Å². The van der Waals surface area contributed by atoms with Gasteiger partial charge in [-0.2, -0.15) is 0 Å². The summed E-state index contributed by atoms with van der Waals surface area (Å²) in [6.45, 7) is 5.98. The van der Waals surface area contributed by atoms with Gasteiger partial charge in [-0.3, -0.25) is 4.79 Å². The molecule has 2 rings (SSSR count). The molecule has 1 aliphatic carbocycles. The normalized spacial score (nSPS) is 18.5. The largest absolute Gasteiger partial charge is 0.353 e. The van der Waals surface area contributed by atoms with Gasteiger partial charge in [0.25, 0.3) is 0 Å². The zero-order valence-corrected chi connectivity index (χ0v) is 12.8. The minimum absolute atomic E-state index is 0.0492. The van der Waals surface area contributed by atoms with Crippen molar-refractivity contribution < 1.29 is 4.79 Å². The van der Waals surface area contributed by atoms with Crippen molar-refractivity contribution in [3.8, 4) is 0 Å². The molecule has 2 nitrogen and oxygen atoms in total. The van der Waals surface area contributed by atoms with Crippen molar-refractivity contribution in [1.29, 1.82) is 0 Å². The maximum atomic E-state index is 11.8. The van der Waals surface area contributed by atoms with E-state index in [1.807, 2.05) is 13.8 Å². The highest BCUT2D eigenvalue weighted by atomic mass is 79.9. The molecule has 1 amide bonds. The summed E-state index contributed by atoms with van der Waals surface area (Å²) >= 11 is 3.46. The smallest absolute Gasteiger partial charge is 0.222 e. The lowest BCUT2D eigenvalue weighted by Crippen LogP contribution is -2.43. The molecular weight excluding hydrogens is 290 g/mol. The first kappa shape index (κ1) is 13.6. The number of carbonyl (C=O) groups excluding carboxylic acids is 1. The molecular formula is C15H20BrNO. The highest BCUT2D eigenvalue weighted by molar-refractivity contribution is 9.10. The first-order valence-corrected chi connectivity index (χ1v) is 7.31. The van der Waals surface area contributed by atoms with Gasteiger partial charge in [0.1, 0.15) is 0 Å². The van der Waals surface area contributed by atoms with E-state index in [9.17, 15) is 4.79 Å². The van der Waals surface area contributed by atoms with Crippen molar-refractivity contribution in [1.82, 2.24) is 5.32 Å². The molecule has 1 fully saturated rings. The molecule has 0 bridgehead atoms. The summed E-state index contributed by atoms with van der Waals surface area (Å²) in [5.74, 6) is 0.194. The summed E-state index contributed by atoms with van der Waals surface area (Å²) in [5.41, 5.74) is 1.49. The Balaban J connectivity index is 2.12. The van der Waals surface area contributed by atoms with Crippen LogP contribution < -0.4 is 5.32 Å². The summed E-state index contributed by atoms with van der Waals surface area (Å²) in [5, 5.41) is 3.14. The molecule has 1 aliphatic rings.